The molecule has 0 amide bonds. The van der Waals surface area contributed by atoms with Gasteiger partial charge in [0.2, 0.25) is 5.95 Å². The largest absolute Gasteiger partial charge is 0.354 e. The van der Waals surface area contributed by atoms with E-state index in [0.29, 0.717) is 11.6 Å². The second kappa shape index (κ2) is 5.80. The summed E-state index contributed by atoms with van der Waals surface area (Å²) in [5, 5.41) is 3.99. The van der Waals surface area contributed by atoms with E-state index in [9.17, 15) is 0 Å². The predicted molar refractivity (Wildman–Crippen MR) is 84.1 cm³/mol. The van der Waals surface area contributed by atoms with Crippen LogP contribution >= 0.6 is 27.7 Å². The molecule has 0 atom stereocenters. The molecule has 0 radical (unpaired) electrons. The number of nitrogens with one attached hydrogen (secondary N) is 2. The van der Waals surface area contributed by atoms with Crippen LogP contribution in [0.25, 0.3) is 11.2 Å². The van der Waals surface area contributed by atoms with Gasteiger partial charge in [0.05, 0.1) is 6.33 Å². The van der Waals surface area contributed by atoms with E-state index in [4.69, 9.17) is 0 Å². The van der Waals surface area contributed by atoms with Crippen molar-refractivity contribution in [3.8, 4) is 0 Å². The first-order valence-electron chi connectivity index (χ1n) is 6.14. The Labute approximate surface area is 128 Å². The predicted octanol–water partition coefficient (Wildman–Crippen LogP) is 3.70. The van der Waals surface area contributed by atoms with Gasteiger partial charge in [0, 0.05) is 15.9 Å². The second-order valence-corrected chi connectivity index (χ2v) is 6.02. The number of nitrogens with zero attached hydrogens (tertiary/aromatic N) is 3. The summed E-state index contributed by atoms with van der Waals surface area (Å²) in [6.45, 7) is 2.79. The van der Waals surface area contributed by atoms with Crippen LogP contribution in [-0.2, 0) is 0 Å². The molecule has 2 N–H and O–H groups in total. The molecule has 0 aliphatic heterocycles. The van der Waals surface area contributed by atoms with Crippen molar-refractivity contribution in [1.82, 2.24) is 19.9 Å². The van der Waals surface area contributed by atoms with Crippen LogP contribution in [0.15, 0.2) is 45.0 Å². The number of benzene rings is 1. The highest BCUT2D eigenvalue weighted by molar-refractivity contribution is 9.10. The number of aromatic nitrogens is 4. The van der Waals surface area contributed by atoms with Crippen LogP contribution in [0.2, 0.25) is 0 Å². The molecule has 2 aromatic heterocycles. The smallest absolute Gasteiger partial charge is 0.225 e. The van der Waals surface area contributed by atoms with E-state index in [1.807, 2.05) is 31.2 Å². The van der Waals surface area contributed by atoms with Crippen molar-refractivity contribution in [3.63, 3.8) is 0 Å². The molecule has 20 heavy (non-hydrogen) atoms. The molecule has 0 aliphatic rings. The molecule has 0 saturated carbocycles. The minimum absolute atomic E-state index is 0.603. The van der Waals surface area contributed by atoms with Gasteiger partial charge in [0.25, 0.3) is 0 Å². The summed E-state index contributed by atoms with van der Waals surface area (Å²) < 4.78 is 1.06. The van der Waals surface area contributed by atoms with Crippen molar-refractivity contribution in [3.05, 3.63) is 35.1 Å². The third-order valence-electron chi connectivity index (χ3n) is 2.62. The van der Waals surface area contributed by atoms with Crippen LogP contribution in [0.3, 0.4) is 0 Å². The van der Waals surface area contributed by atoms with Crippen LogP contribution < -0.4 is 5.32 Å². The Morgan fingerprint density at radius 3 is 2.80 bits per heavy atom. The van der Waals surface area contributed by atoms with Gasteiger partial charge in [0.1, 0.15) is 10.5 Å². The summed E-state index contributed by atoms with van der Waals surface area (Å²) in [6, 6.07) is 8.12. The summed E-state index contributed by atoms with van der Waals surface area (Å²) in [5.74, 6) is 0.603. The minimum Gasteiger partial charge on any atom is -0.354 e. The van der Waals surface area contributed by atoms with E-state index in [0.717, 1.165) is 26.5 Å². The molecular formula is C13H12BrN5S. The van der Waals surface area contributed by atoms with Crippen LogP contribution in [0, 0.1) is 0 Å². The molecule has 3 aromatic rings. The maximum Gasteiger partial charge on any atom is 0.225 e. The number of hydrogen-bond acceptors (Lipinski definition) is 5. The number of aromatic amines is 1. The van der Waals surface area contributed by atoms with E-state index in [1.54, 1.807) is 18.1 Å². The highest BCUT2D eigenvalue weighted by atomic mass is 79.9. The van der Waals surface area contributed by atoms with Crippen LogP contribution in [-0.4, -0.2) is 26.5 Å². The third-order valence-corrected chi connectivity index (χ3v) is 4.14. The lowest BCUT2D eigenvalue weighted by molar-refractivity contribution is 1.04. The molecule has 0 saturated heterocycles. The standard InChI is InChI=1S/C13H12BrN5S/c1-2-15-13-18-11-10(16-7-17-11)12(19-13)20-9-5-3-8(14)4-6-9/h3-7H,2H2,1H3,(H2,15,16,17,18,19). The van der Waals surface area contributed by atoms with Crippen molar-refractivity contribution < 1.29 is 0 Å². The van der Waals surface area contributed by atoms with E-state index in [2.05, 4.69) is 41.2 Å². The number of anilines is 1. The van der Waals surface area contributed by atoms with E-state index < -0.39 is 0 Å². The Kier molecular flexibility index (Phi) is 3.88. The molecular weight excluding hydrogens is 338 g/mol. The number of rotatable bonds is 4. The lowest BCUT2D eigenvalue weighted by Gasteiger charge is -2.06. The van der Waals surface area contributed by atoms with Gasteiger partial charge in [-0.2, -0.15) is 4.98 Å². The van der Waals surface area contributed by atoms with Gasteiger partial charge in [-0.05, 0) is 31.2 Å². The summed E-state index contributed by atoms with van der Waals surface area (Å²) in [4.78, 5) is 17.3. The van der Waals surface area contributed by atoms with Gasteiger partial charge in [-0.15, -0.1) is 0 Å². The molecule has 0 bridgehead atoms. The molecule has 5 nitrogen and oxygen atoms in total. The average Bonchev–Trinajstić information content (AvgIpc) is 2.90. The molecule has 2 heterocycles. The zero-order valence-corrected chi connectivity index (χ0v) is 13.1. The number of halogens is 1. The number of hydrogen-bond donors (Lipinski definition) is 2. The lowest BCUT2D eigenvalue weighted by atomic mass is 10.4. The van der Waals surface area contributed by atoms with Crippen molar-refractivity contribution in [2.75, 3.05) is 11.9 Å². The number of H-pyrrole nitrogens is 1. The Morgan fingerprint density at radius 2 is 2.05 bits per heavy atom. The highest BCUT2D eigenvalue weighted by Crippen LogP contribution is 2.31. The summed E-state index contributed by atoms with van der Waals surface area (Å²) in [6.07, 6.45) is 1.64. The number of fused-ring (bicyclic) bond motifs is 1. The Balaban J connectivity index is 2.00. The Bertz CT molecular complexity index is 725. The molecule has 0 spiro atoms. The number of imidazole rings is 1. The summed E-state index contributed by atoms with van der Waals surface area (Å²) >= 11 is 5.02. The molecule has 3 rings (SSSR count). The van der Waals surface area contributed by atoms with Crippen molar-refractivity contribution in [2.45, 2.75) is 16.8 Å². The van der Waals surface area contributed by atoms with Gasteiger partial charge >= 0.3 is 0 Å². The molecule has 102 valence electrons. The van der Waals surface area contributed by atoms with E-state index in [1.165, 1.54) is 0 Å². The van der Waals surface area contributed by atoms with Gasteiger partial charge in [0.15, 0.2) is 5.65 Å². The minimum atomic E-state index is 0.603. The molecule has 0 unspecified atom stereocenters. The maximum absolute atomic E-state index is 4.54. The second-order valence-electron chi connectivity index (χ2n) is 4.04. The van der Waals surface area contributed by atoms with Gasteiger partial charge in [-0.1, -0.05) is 27.7 Å². The fraction of sp³-hybridized carbons (Fsp3) is 0.154. The topological polar surface area (TPSA) is 66.5 Å². The zero-order valence-electron chi connectivity index (χ0n) is 10.7. The fourth-order valence-corrected chi connectivity index (χ4v) is 2.88. The monoisotopic (exact) mass is 349 g/mol. The first-order chi connectivity index (χ1) is 9.76. The maximum atomic E-state index is 4.54. The fourth-order valence-electron chi connectivity index (χ4n) is 1.73. The van der Waals surface area contributed by atoms with Crippen molar-refractivity contribution in [1.29, 1.82) is 0 Å². The first-order valence-corrected chi connectivity index (χ1v) is 7.75. The SMILES string of the molecule is CCNc1nc(Sc2ccc(Br)cc2)c2[nH]cnc2n1. The summed E-state index contributed by atoms with van der Waals surface area (Å²) in [5.41, 5.74) is 1.54. The summed E-state index contributed by atoms with van der Waals surface area (Å²) in [7, 11) is 0. The van der Waals surface area contributed by atoms with Gasteiger partial charge in [-0.3, -0.25) is 0 Å². The first kappa shape index (κ1) is 13.4. The lowest BCUT2D eigenvalue weighted by Crippen LogP contribution is -2.03. The van der Waals surface area contributed by atoms with Crippen LogP contribution in [0.4, 0.5) is 5.95 Å². The molecule has 1 aromatic carbocycles. The Hall–Kier alpha value is -1.60. The van der Waals surface area contributed by atoms with E-state index in [-0.39, 0.29) is 0 Å². The molecule has 0 aliphatic carbocycles. The van der Waals surface area contributed by atoms with Crippen molar-refractivity contribution in [2.24, 2.45) is 0 Å². The van der Waals surface area contributed by atoms with Crippen molar-refractivity contribution >= 4 is 44.8 Å². The van der Waals surface area contributed by atoms with Gasteiger partial charge in [-0.25, -0.2) is 9.97 Å². The van der Waals surface area contributed by atoms with Gasteiger partial charge < -0.3 is 10.3 Å². The Morgan fingerprint density at radius 1 is 1.25 bits per heavy atom. The quantitative estimate of drug-likeness (QED) is 0.703. The highest BCUT2D eigenvalue weighted by Gasteiger charge is 2.11. The average molecular weight is 350 g/mol. The zero-order chi connectivity index (χ0) is 13.9. The molecule has 7 heteroatoms. The van der Waals surface area contributed by atoms with Crippen LogP contribution in [0.1, 0.15) is 6.92 Å². The van der Waals surface area contributed by atoms with E-state index >= 15 is 0 Å². The van der Waals surface area contributed by atoms with Crippen LogP contribution in [0.5, 0.6) is 0 Å². The third kappa shape index (κ3) is 2.78. The molecule has 0 fully saturated rings. The normalized spacial score (nSPS) is 10.9.